The highest BCUT2D eigenvalue weighted by Crippen LogP contribution is 2.50. The van der Waals surface area contributed by atoms with Gasteiger partial charge >= 0.3 is 0 Å². The van der Waals surface area contributed by atoms with Crippen LogP contribution in [0.4, 0.5) is 17.1 Å². The van der Waals surface area contributed by atoms with Gasteiger partial charge in [-0.15, -0.1) is 0 Å². The van der Waals surface area contributed by atoms with E-state index < -0.39 is 0 Å². The molecule has 0 saturated heterocycles. The number of aromatic nitrogens is 1. The summed E-state index contributed by atoms with van der Waals surface area (Å²) >= 11 is 0. The molecule has 14 rings (SSSR count). The smallest absolute Gasteiger partial charge is 0.145 e. The quantitative estimate of drug-likeness (QED) is 0.160. The summed E-state index contributed by atoms with van der Waals surface area (Å²) in [7, 11) is 0. The highest BCUT2D eigenvalue weighted by atomic mass is 16.3. The Kier molecular flexibility index (Phi) is 8.55. The Morgan fingerprint density at radius 1 is 0.309 bits per heavy atom. The number of nitrogens with zero attached hydrogens (tertiary/aromatic N) is 2. The predicted octanol–water partition coefficient (Wildman–Crippen LogP) is 18.2. The van der Waals surface area contributed by atoms with Crippen LogP contribution in [0.3, 0.4) is 0 Å². The average Bonchev–Trinajstić information content (AvgIpc) is 4.10. The molecule has 14 aromatic rings. The van der Waals surface area contributed by atoms with E-state index in [2.05, 4.69) is 246 Å². The molecule has 68 heavy (non-hydrogen) atoms. The van der Waals surface area contributed by atoms with Crippen molar-refractivity contribution in [3.63, 3.8) is 0 Å². The minimum absolute atomic E-state index is 0.836. The summed E-state index contributed by atoms with van der Waals surface area (Å²) in [5.41, 5.74) is 16.5. The molecule has 0 aliphatic rings. The van der Waals surface area contributed by atoms with E-state index in [9.17, 15) is 0 Å². The van der Waals surface area contributed by atoms with Gasteiger partial charge in [-0.2, -0.15) is 0 Å². The van der Waals surface area contributed by atoms with Crippen molar-refractivity contribution in [1.82, 2.24) is 4.57 Å². The van der Waals surface area contributed by atoms with Gasteiger partial charge in [0.2, 0.25) is 0 Å². The van der Waals surface area contributed by atoms with Crippen LogP contribution >= 0.6 is 0 Å². The van der Waals surface area contributed by atoms with Crippen molar-refractivity contribution in [3.05, 3.63) is 243 Å². The second kappa shape index (κ2) is 15.2. The van der Waals surface area contributed by atoms with Gasteiger partial charge in [0, 0.05) is 55.0 Å². The van der Waals surface area contributed by atoms with Gasteiger partial charge in [0.25, 0.3) is 0 Å². The molecular formula is C64H40N2O2. The highest BCUT2D eigenvalue weighted by Gasteiger charge is 2.25. The highest BCUT2D eigenvalue weighted by molar-refractivity contribution is 6.18. The summed E-state index contributed by atoms with van der Waals surface area (Å²) < 4.78 is 16.1. The van der Waals surface area contributed by atoms with Gasteiger partial charge in [0.15, 0.2) is 0 Å². The minimum Gasteiger partial charge on any atom is -0.455 e. The molecule has 0 bridgehead atoms. The topological polar surface area (TPSA) is 34.5 Å². The number of benzene rings is 11. The van der Waals surface area contributed by atoms with E-state index in [1.165, 1.54) is 38.1 Å². The van der Waals surface area contributed by atoms with Crippen molar-refractivity contribution in [2.24, 2.45) is 0 Å². The van der Waals surface area contributed by atoms with E-state index in [-0.39, 0.29) is 0 Å². The van der Waals surface area contributed by atoms with Crippen molar-refractivity contribution in [3.8, 4) is 39.1 Å². The third-order valence-corrected chi connectivity index (χ3v) is 13.8. The fraction of sp³-hybridized carbons (Fsp3) is 0. The van der Waals surface area contributed by atoms with Gasteiger partial charge in [-0.25, -0.2) is 0 Å². The molecule has 0 amide bonds. The number of rotatable bonds is 7. The Labute approximate surface area is 391 Å². The standard InChI is InChI=1S/C64H40N2O2/c1-2-17-46-41(15-1)16-13-23-47(46)42-31-35-45(36-32-42)66(58-28-10-5-20-51(58)53-24-14-25-54-52-21-6-11-29-60(52)67-63(53)54)59-40-39-48(64-62(59)55-22-7-12-30-61(55)68-64)43-33-37-44(38-34-43)65-56-26-8-3-18-49(56)50-19-4-9-27-57(50)65/h1-40H. The van der Waals surface area contributed by atoms with Crippen LogP contribution in [0.2, 0.25) is 0 Å². The van der Waals surface area contributed by atoms with Crippen molar-refractivity contribution in [2.45, 2.75) is 0 Å². The second-order valence-corrected chi connectivity index (χ2v) is 17.6. The van der Waals surface area contributed by atoms with Crippen LogP contribution in [0, 0.1) is 0 Å². The largest absolute Gasteiger partial charge is 0.455 e. The molecule has 3 heterocycles. The van der Waals surface area contributed by atoms with Gasteiger partial charge in [0.1, 0.15) is 22.3 Å². The first-order chi connectivity index (χ1) is 33.7. The van der Waals surface area contributed by atoms with Crippen LogP contribution in [-0.2, 0) is 0 Å². The van der Waals surface area contributed by atoms with Crippen molar-refractivity contribution < 1.29 is 8.83 Å². The molecule has 0 fully saturated rings. The van der Waals surface area contributed by atoms with Crippen LogP contribution in [0.15, 0.2) is 251 Å². The molecular weight excluding hydrogens is 829 g/mol. The Morgan fingerprint density at radius 3 is 1.62 bits per heavy atom. The summed E-state index contributed by atoms with van der Waals surface area (Å²) in [5.74, 6) is 0. The Bertz CT molecular complexity index is 4210. The van der Waals surface area contributed by atoms with E-state index in [0.29, 0.717) is 0 Å². The zero-order valence-electron chi connectivity index (χ0n) is 36.8. The van der Waals surface area contributed by atoms with Gasteiger partial charge < -0.3 is 18.3 Å². The number of hydrogen-bond acceptors (Lipinski definition) is 3. The molecule has 11 aromatic carbocycles. The lowest BCUT2D eigenvalue weighted by atomic mass is 9.96. The maximum Gasteiger partial charge on any atom is 0.145 e. The molecule has 0 spiro atoms. The first-order valence-corrected chi connectivity index (χ1v) is 23.2. The number of furan rings is 2. The van der Waals surface area contributed by atoms with Gasteiger partial charge in [-0.05, 0) is 94.2 Å². The van der Waals surface area contributed by atoms with Gasteiger partial charge in [-0.3, -0.25) is 0 Å². The van der Waals surface area contributed by atoms with Crippen LogP contribution < -0.4 is 4.90 Å². The number of hydrogen-bond donors (Lipinski definition) is 0. The summed E-state index contributed by atoms with van der Waals surface area (Å²) in [6, 6.07) is 86.8. The van der Waals surface area contributed by atoms with Crippen LogP contribution in [0.25, 0.3) is 116 Å². The molecule has 318 valence electrons. The summed E-state index contributed by atoms with van der Waals surface area (Å²) in [5, 5.41) is 9.23. The molecule has 3 aromatic heterocycles. The van der Waals surface area contributed by atoms with Gasteiger partial charge in [0.05, 0.1) is 27.8 Å². The maximum absolute atomic E-state index is 7.00. The Hall–Kier alpha value is -9.12. The normalized spacial score (nSPS) is 11.8. The number of fused-ring (bicyclic) bond motifs is 10. The van der Waals surface area contributed by atoms with Crippen molar-refractivity contribution in [1.29, 1.82) is 0 Å². The van der Waals surface area contributed by atoms with Crippen molar-refractivity contribution >= 4 is 93.5 Å². The summed E-state index contributed by atoms with van der Waals surface area (Å²) in [6.45, 7) is 0. The van der Waals surface area contributed by atoms with E-state index in [1.54, 1.807) is 0 Å². The predicted molar refractivity (Wildman–Crippen MR) is 284 cm³/mol. The monoisotopic (exact) mass is 868 g/mol. The van der Waals surface area contributed by atoms with Gasteiger partial charge in [-0.1, -0.05) is 176 Å². The molecule has 0 aliphatic heterocycles. The van der Waals surface area contributed by atoms with Crippen LogP contribution in [-0.4, -0.2) is 4.57 Å². The first kappa shape index (κ1) is 38.2. The fourth-order valence-corrected chi connectivity index (χ4v) is 10.7. The zero-order valence-corrected chi connectivity index (χ0v) is 36.8. The van der Waals surface area contributed by atoms with E-state index >= 15 is 0 Å². The molecule has 0 saturated carbocycles. The fourth-order valence-electron chi connectivity index (χ4n) is 10.7. The third-order valence-electron chi connectivity index (χ3n) is 13.8. The third kappa shape index (κ3) is 5.87. The van der Waals surface area contributed by atoms with Crippen LogP contribution in [0.5, 0.6) is 0 Å². The minimum atomic E-state index is 0.836. The molecule has 4 nitrogen and oxygen atoms in total. The molecule has 4 heteroatoms. The lowest BCUT2D eigenvalue weighted by Gasteiger charge is -2.29. The zero-order chi connectivity index (χ0) is 44.7. The molecule has 0 atom stereocenters. The molecule has 0 unspecified atom stereocenters. The maximum atomic E-state index is 7.00. The number of anilines is 3. The lowest BCUT2D eigenvalue weighted by Crippen LogP contribution is -2.12. The summed E-state index contributed by atoms with van der Waals surface area (Å²) in [6.07, 6.45) is 0. The van der Waals surface area contributed by atoms with E-state index in [1.807, 2.05) is 6.07 Å². The Balaban J connectivity index is 0.978. The molecule has 0 radical (unpaired) electrons. The molecule has 0 N–H and O–H groups in total. The molecule has 0 aliphatic carbocycles. The Morgan fingerprint density at radius 2 is 0.838 bits per heavy atom. The van der Waals surface area contributed by atoms with E-state index in [4.69, 9.17) is 8.83 Å². The number of para-hydroxylation sites is 6. The SMILES string of the molecule is c1ccc(N(c2ccc(-c3cccc4ccccc34)cc2)c2ccc(-c3ccc(-n4c5ccccc5c5ccccc54)cc3)c3oc4ccccc4c23)c(-c2cccc3c2oc2ccccc23)c1. The average molecular weight is 869 g/mol. The second-order valence-electron chi connectivity index (χ2n) is 17.6. The van der Waals surface area contributed by atoms with E-state index in [0.717, 1.165) is 94.4 Å². The van der Waals surface area contributed by atoms with Crippen molar-refractivity contribution in [2.75, 3.05) is 4.90 Å². The van der Waals surface area contributed by atoms with Crippen LogP contribution in [0.1, 0.15) is 0 Å². The summed E-state index contributed by atoms with van der Waals surface area (Å²) in [4.78, 5) is 2.41. The first-order valence-electron chi connectivity index (χ1n) is 23.2. The lowest BCUT2D eigenvalue weighted by molar-refractivity contribution is 0.669.